The van der Waals surface area contributed by atoms with Gasteiger partial charge in [-0.1, -0.05) is 29.3 Å². The van der Waals surface area contributed by atoms with E-state index in [9.17, 15) is 13.2 Å². The maximum absolute atomic E-state index is 12.2. The van der Waals surface area contributed by atoms with E-state index in [0.29, 0.717) is 42.4 Å². The van der Waals surface area contributed by atoms with Crippen LogP contribution < -0.4 is 5.32 Å². The molecule has 1 N–H and O–H groups in total. The molecule has 1 aromatic rings. The predicted molar refractivity (Wildman–Crippen MR) is 87.7 cm³/mol. The van der Waals surface area contributed by atoms with Crippen LogP contribution in [0.3, 0.4) is 0 Å². The molecule has 1 aliphatic heterocycles. The number of carbonyl (C=O) groups excluding carboxylic acids is 1. The SMILES string of the molecule is CS(=O)(=O)N1CCC[C@H]1C(=O)NCCc1ccc(Cl)cc1Cl. The van der Waals surface area contributed by atoms with Crippen molar-refractivity contribution in [2.24, 2.45) is 0 Å². The van der Waals surface area contributed by atoms with Crippen molar-refractivity contribution < 1.29 is 13.2 Å². The van der Waals surface area contributed by atoms with E-state index in [4.69, 9.17) is 23.2 Å². The lowest BCUT2D eigenvalue weighted by Gasteiger charge is -2.21. The van der Waals surface area contributed by atoms with Gasteiger partial charge >= 0.3 is 0 Å². The van der Waals surface area contributed by atoms with Crippen LogP contribution in [0.2, 0.25) is 10.0 Å². The molecule has 1 saturated heterocycles. The zero-order valence-electron chi connectivity index (χ0n) is 12.2. The monoisotopic (exact) mass is 364 g/mol. The molecule has 22 heavy (non-hydrogen) atoms. The Kier molecular flexibility index (Phi) is 5.71. The fourth-order valence-corrected chi connectivity index (χ4v) is 4.19. The first-order chi connectivity index (χ1) is 10.3. The van der Waals surface area contributed by atoms with Gasteiger partial charge in [0, 0.05) is 23.1 Å². The minimum Gasteiger partial charge on any atom is -0.354 e. The van der Waals surface area contributed by atoms with Crippen LogP contribution in [0.5, 0.6) is 0 Å². The van der Waals surface area contributed by atoms with Crippen molar-refractivity contribution in [1.29, 1.82) is 0 Å². The smallest absolute Gasteiger partial charge is 0.238 e. The zero-order chi connectivity index (χ0) is 16.3. The van der Waals surface area contributed by atoms with Gasteiger partial charge in [0.05, 0.1) is 6.26 Å². The summed E-state index contributed by atoms with van der Waals surface area (Å²) in [6, 6.07) is 4.61. The number of hydrogen-bond donors (Lipinski definition) is 1. The Morgan fingerprint density at radius 3 is 2.77 bits per heavy atom. The molecular weight excluding hydrogens is 347 g/mol. The largest absolute Gasteiger partial charge is 0.354 e. The molecule has 1 heterocycles. The highest BCUT2D eigenvalue weighted by molar-refractivity contribution is 7.88. The summed E-state index contributed by atoms with van der Waals surface area (Å²) in [5.74, 6) is -0.256. The molecule has 122 valence electrons. The molecule has 0 aliphatic carbocycles. The standard InChI is InChI=1S/C14H18Cl2N2O3S/c1-22(20,21)18-8-2-3-13(18)14(19)17-7-6-10-4-5-11(15)9-12(10)16/h4-5,9,13H,2-3,6-8H2,1H3,(H,17,19)/t13-/m0/s1. The summed E-state index contributed by atoms with van der Waals surface area (Å²) in [6.45, 7) is 0.800. The van der Waals surface area contributed by atoms with Gasteiger partial charge < -0.3 is 5.32 Å². The Bertz CT molecular complexity index is 664. The number of sulfonamides is 1. The van der Waals surface area contributed by atoms with Crippen LogP contribution in [0.25, 0.3) is 0 Å². The second-order valence-corrected chi connectivity index (χ2v) is 8.09. The summed E-state index contributed by atoms with van der Waals surface area (Å²) in [5, 5.41) is 3.90. The molecule has 1 aliphatic rings. The summed E-state index contributed by atoms with van der Waals surface area (Å²) in [6.07, 6.45) is 2.95. The van der Waals surface area contributed by atoms with Crippen LogP contribution in [0.15, 0.2) is 18.2 Å². The Labute approximate surface area is 140 Å². The molecule has 1 fully saturated rings. The zero-order valence-corrected chi connectivity index (χ0v) is 14.5. The molecule has 2 rings (SSSR count). The molecule has 0 radical (unpaired) electrons. The molecule has 1 aromatic carbocycles. The number of halogens is 2. The highest BCUT2D eigenvalue weighted by Gasteiger charge is 2.36. The first-order valence-corrected chi connectivity index (χ1v) is 9.58. The molecule has 8 heteroatoms. The third kappa shape index (κ3) is 4.35. The van der Waals surface area contributed by atoms with E-state index in [1.165, 1.54) is 4.31 Å². The Morgan fingerprint density at radius 2 is 2.14 bits per heavy atom. The first-order valence-electron chi connectivity index (χ1n) is 6.97. The van der Waals surface area contributed by atoms with Gasteiger partial charge in [-0.3, -0.25) is 4.79 Å². The van der Waals surface area contributed by atoms with E-state index in [0.717, 1.165) is 11.8 Å². The van der Waals surface area contributed by atoms with Crippen molar-refractivity contribution in [1.82, 2.24) is 9.62 Å². The molecule has 1 atom stereocenters. The Morgan fingerprint density at radius 1 is 1.41 bits per heavy atom. The minimum atomic E-state index is -3.35. The van der Waals surface area contributed by atoms with Crippen molar-refractivity contribution in [3.8, 4) is 0 Å². The molecular formula is C14H18Cl2N2O3S. The van der Waals surface area contributed by atoms with E-state index in [1.54, 1.807) is 12.1 Å². The first kappa shape index (κ1) is 17.5. The molecule has 0 spiro atoms. The number of nitrogens with zero attached hydrogens (tertiary/aromatic N) is 1. The molecule has 1 amide bonds. The van der Waals surface area contributed by atoms with Crippen molar-refractivity contribution in [3.05, 3.63) is 33.8 Å². The second kappa shape index (κ2) is 7.17. The van der Waals surface area contributed by atoms with Crippen LogP contribution in [-0.2, 0) is 21.2 Å². The Hall–Kier alpha value is -0.820. The van der Waals surface area contributed by atoms with E-state index >= 15 is 0 Å². The van der Waals surface area contributed by atoms with Gasteiger partial charge in [-0.25, -0.2) is 8.42 Å². The van der Waals surface area contributed by atoms with Gasteiger partial charge in [-0.15, -0.1) is 0 Å². The van der Waals surface area contributed by atoms with Crippen LogP contribution >= 0.6 is 23.2 Å². The summed E-state index contributed by atoms with van der Waals surface area (Å²) in [5.41, 5.74) is 0.887. The quantitative estimate of drug-likeness (QED) is 0.869. The lowest BCUT2D eigenvalue weighted by atomic mass is 10.1. The third-order valence-electron chi connectivity index (χ3n) is 3.64. The van der Waals surface area contributed by atoms with Gasteiger partial charge in [0.15, 0.2) is 0 Å². The number of rotatable bonds is 5. The molecule has 0 bridgehead atoms. The van der Waals surface area contributed by atoms with Gasteiger partial charge in [-0.2, -0.15) is 4.31 Å². The molecule has 5 nitrogen and oxygen atoms in total. The third-order valence-corrected chi connectivity index (χ3v) is 5.52. The molecule has 0 unspecified atom stereocenters. The van der Waals surface area contributed by atoms with E-state index in [-0.39, 0.29) is 5.91 Å². The van der Waals surface area contributed by atoms with Crippen molar-refractivity contribution in [2.75, 3.05) is 19.3 Å². The summed E-state index contributed by atoms with van der Waals surface area (Å²) in [7, 11) is -3.35. The van der Waals surface area contributed by atoms with Gasteiger partial charge in [0.1, 0.15) is 6.04 Å². The maximum atomic E-state index is 12.2. The fourth-order valence-electron chi connectivity index (χ4n) is 2.56. The van der Waals surface area contributed by atoms with E-state index in [2.05, 4.69) is 5.32 Å². The van der Waals surface area contributed by atoms with Crippen LogP contribution in [0.1, 0.15) is 18.4 Å². The molecule has 0 saturated carbocycles. The lowest BCUT2D eigenvalue weighted by Crippen LogP contribution is -2.45. The minimum absolute atomic E-state index is 0.256. The van der Waals surface area contributed by atoms with Crippen molar-refractivity contribution >= 4 is 39.1 Å². The lowest BCUT2D eigenvalue weighted by molar-refractivity contribution is -0.124. The van der Waals surface area contributed by atoms with Gasteiger partial charge in [0.2, 0.25) is 15.9 Å². The van der Waals surface area contributed by atoms with Crippen LogP contribution in [0, 0.1) is 0 Å². The predicted octanol–water partition coefficient (Wildman–Crippen LogP) is 2.08. The van der Waals surface area contributed by atoms with Crippen molar-refractivity contribution in [2.45, 2.75) is 25.3 Å². The highest BCUT2D eigenvalue weighted by atomic mass is 35.5. The average molecular weight is 365 g/mol. The normalized spacial score (nSPS) is 19.3. The number of amides is 1. The number of nitrogens with one attached hydrogen (secondary N) is 1. The fraction of sp³-hybridized carbons (Fsp3) is 0.500. The van der Waals surface area contributed by atoms with E-state index < -0.39 is 16.1 Å². The van der Waals surface area contributed by atoms with Gasteiger partial charge in [0.25, 0.3) is 0 Å². The summed E-state index contributed by atoms with van der Waals surface area (Å²) < 4.78 is 24.5. The summed E-state index contributed by atoms with van der Waals surface area (Å²) >= 11 is 11.9. The Balaban J connectivity index is 1.90. The van der Waals surface area contributed by atoms with Crippen LogP contribution in [0.4, 0.5) is 0 Å². The number of hydrogen-bond acceptors (Lipinski definition) is 3. The topological polar surface area (TPSA) is 66.5 Å². The number of benzene rings is 1. The van der Waals surface area contributed by atoms with Crippen LogP contribution in [-0.4, -0.2) is 44.0 Å². The molecule has 0 aromatic heterocycles. The number of carbonyl (C=O) groups is 1. The van der Waals surface area contributed by atoms with E-state index in [1.807, 2.05) is 6.07 Å². The summed E-state index contributed by atoms with van der Waals surface area (Å²) in [4.78, 5) is 12.2. The maximum Gasteiger partial charge on any atom is 0.238 e. The second-order valence-electron chi connectivity index (χ2n) is 5.31. The van der Waals surface area contributed by atoms with Gasteiger partial charge in [-0.05, 0) is 37.0 Å². The highest BCUT2D eigenvalue weighted by Crippen LogP contribution is 2.22. The average Bonchev–Trinajstić information content (AvgIpc) is 2.90. The van der Waals surface area contributed by atoms with Crippen molar-refractivity contribution in [3.63, 3.8) is 0 Å².